The summed E-state index contributed by atoms with van der Waals surface area (Å²) in [5.74, 6) is -0.590. The second kappa shape index (κ2) is 5.33. The van der Waals surface area contributed by atoms with Crippen molar-refractivity contribution in [1.29, 1.82) is 0 Å². The minimum atomic E-state index is -1.29. The Morgan fingerprint density at radius 1 is 0.923 bits per heavy atom. The Hall–Kier alpha value is -3.34. The molecule has 0 fully saturated rings. The lowest BCUT2D eigenvalue weighted by molar-refractivity contribution is -0.121. The fraction of sp³-hybridized carbons (Fsp3) is 0.0952. The standard InChI is InChI=1S/C21H14FN3O/c22-15-10-11-19-17(12-15)21(16-8-4-5-9-18(16)23-24-21)20(26)25(19)13-14-6-2-1-3-7-14/h1-12H,13H2. The minimum Gasteiger partial charge on any atom is -0.305 e. The zero-order valence-corrected chi connectivity index (χ0v) is 13.8. The molecule has 0 bridgehead atoms. The van der Waals surface area contributed by atoms with Crippen molar-refractivity contribution in [1.82, 2.24) is 0 Å². The van der Waals surface area contributed by atoms with Crippen LogP contribution in [0.2, 0.25) is 0 Å². The summed E-state index contributed by atoms with van der Waals surface area (Å²) in [6.07, 6.45) is 0. The lowest BCUT2D eigenvalue weighted by Gasteiger charge is -2.21. The van der Waals surface area contributed by atoms with Gasteiger partial charge in [0.05, 0.1) is 17.9 Å². The van der Waals surface area contributed by atoms with E-state index in [1.807, 2.05) is 54.6 Å². The Bertz CT molecular complexity index is 1060. The number of rotatable bonds is 2. The van der Waals surface area contributed by atoms with E-state index in [9.17, 15) is 9.18 Å². The van der Waals surface area contributed by atoms with Crippen LogP contribution in [0.15, 0.2) is 83.0 Å². The van der Waals surface area contributed by atoms with Crippen molar-refractivity contribution >= 4 is 17.3 Å². The molecular formula is C21H14FN3O. The molecule has 5 rings (SSSR count). The number of anilines is 1. The van der Waals surface area contributed by atoms with Crippen molar-refractivity contribution in [2.75, 3.05) is 4.90 Å². The van der Waals surface area contributed by atoms with Gasteiger partial charge in [-0.1, -0.05) is 48.5 Å². The Balaban J connectivity index is 1.71. The van der Waals surface area contributed by atoms with Crippen molar-refractivity contribution in [2.45, 2.75) is 12.1 Å². The molecule has 0 N–H and O–H groups in total. The molecule has 126 valence electrons. The van der Waals surface area contributed by atoms with Gasteiger partial charge in [-0.15, -0.1) is 0 Å². The van der Waals surface area contributed by atoms with Crippen molar-refractivity contribution in [3.63, 3.8) is 0 Å². The molecule has 1 atom stereocenters. The maximum atomic E-state index is 14.1. The molecule has 2 heterocycles. The maximum Gasteiger partial charge on any atom is 0.266 e. The number of azo groups is 1. The van der Waals surface area contributed by atoms with Gasteiger partial charge >= 0.3 is 0 Å². The molecule has 1 amide bonds. The average Bonchev–Trinajstić information content (AvgIpc) is 3.16. The number of halogens is 1. The van der Waals surface area contributed by atoms with Crippen molar-refractivity contribution < 1.29 is 9.18 Å². The summed E-state index contributed by atoms with van der Waals surface area (Å²) < 4.78 is 14.1. The van der Waals surface area contributed by atoms with Gasteiger partial charge in [0.25, 0.3) is 5.91 Å². The maximum absolute atomic E-state index is 14.1. The van der Waals surface area contributed by atoms with E-state index in [4.69, 9.17) is 0 Å². The van der Waals surface area contributed by atoms with E-state index < -0.39 is 11.4 Å². The van der Waals surface area contributed by atoms with Gasteiger partial charge in [-0.2, -0.15) is 10.2 Å². The normalized spacial score (nSPS) is 19.9. The average molecular weight is 343 g/mol. The van der Waals surface area contributed by atoms with Crippen LogP contribution < -0.4 is 4.90 Å². The molecule has 0 saturated carbocycles. The van der Waals surface area contributed by atoms with Crippen molar-refractivity contribution in [3.8, 4) is 0 Å². The molecular weight excluding hydrogens is 329 g/mol. The fourth-order valence-corrected chi connectivity index (χ4v) is 3.78. The second-order valence-electron chi connectivity index (χ2n) is 6.47. The SMILES string of the molecule is O=C1N(Cc2ccccc2)c2ccc(F)cc2C12N=Nc1ccccc12. The highest BCUT2D eigenvalue weighted by atomic mass is 19.1. The Morgan fingerprint density at radius 3 is 2.54 bits per heavy atom. The Kier molecular flexibility index (Phi) is 3.06. The van der Waals surface area contributed by atoms with Gasteiger partial charge in [0.15, 0.2) is 0 Å². The van der Waals surface area contributed by atoms with Crippen LogP contribution in [0.1, 0.15) is 16.7 Å². The number of nitrogens with zero attached hydrogens (tertiary/aromatic N) is 3. The Labute approximate surface area is 149 Å². The van der Waals surface area contributed by atoms with Crippen LogP contribution in [0.25, 0.3) is 0 Å². The molecule has 26 heavy (non-hydrogen) atoms. The third kappa shape index (κ3) is 1.91. The van der Waals surface area contributed by atoms with E-state index in [1.165, 1.54) is 12.1 Å². The van der Waals surface area contributed by atoms with Gasteiger partial charge in [0.1, 0.15) is 5.82 Å². The van der Waals surface area contributed by atoms with Crippen LogP contribution in [0, 0.1) is 5.82 Å². The van der Waals surface area contributed by atoms with Crippen LogP contribution in [-0.2, 0) is 16.9 Å². The van der Waals surface area contributed by atoms with Crippen LogP contribution in [0.4, 0.5) is 15.8 Å². The summed E-state index contributed by atoms with van der Waals surface area (Å²) in [5.41, 5.74) is 2.28. The first-order valence-corrected chi connectivity index (χ1v) is 8.38. The van der Waals surface area contributed by atoms with E-state index in [-0.39, 0.29) is 5.91 Å². The molecule has 0 saturated heterocycles. The number of carbonyl (C=O) groups is 1. The van der Waals surface area contributed by atoms with Gasteiger partial charge in [-0.05, 0) is 29.8 Å². The predicted octanol–water partition coefficient (Wildman–Crippen LogP) is 4.71. The smallest absolute Gasteiger partial charge is 0.266 e. The molecule has 1 unspecified atom stereocenters. The zero-order chi connectivity index (χ0) is 17.7. The molecule has 0 aliphatic carbocycles. The number of hydrogen-bond donors (Lipinski definition) is 0. The summed E-state index contributed by atoms with van der Waals surface area (Å²) in [6.45, 7) is 0.401. The molecule has 4 nitrogen and oxygen atoms in total. The highest BCUT2D eigenvalue weighted by Gasteiger charge is 2.56. The summed E-state index contributed by atoms with van der Waals surface area (Å²) in [6, 6.07) is 21.5. The summed E-state index contributed by atoms with van der Waals surface area (Å²) in [5, 5.41) is 8.57. The molecule has 3 aromatic carbocycles. The van der Waals surface area contributed by atoms with Crippen molar-refractivity contribution in [3.05, 3.63) is 95.3 Å². The topological polar surface area (TPSA) is 45.0 Å². The van der Waals surface area contributed by atoms with E-state index >= 15 is 0 Å². The molecule has 5 heteroatoms. The number of hydrogen-bond acceptors (Lipinski definition) is 3. The molecule has 2 aliphatic heterocycles. The molecule has 2 aliphatic rings. The number of amides is 1. The van der Waals surface area contributed by atoms with E-state index in [0.29, 0.717) is 29.0 Å². The minimum absolute atomic E-state index is 0.198. The third-order valence-electron chi connectivity index (χ3n) is 4.98. The zero-order valence-electron chi connectivity index (χ0n) is 13.8. The molecule has 1 spiro atoms. The molecule has 0 aromatic heterocycles. The number of benzene rings is 3. The van der Waals surface area contributed by atoms with E-state index in [1.54, 1.807) is 11.0 Å². The quantitative estimate of drug-likeness (QED) is 0.664. The number of fused-ring (bicyclic) bond motifs is 4. The van der Waals surface area contributed by atoms with Gasteiger partial charge in [0, 0.05) is 11.1 Å². The summed E-state index contributed by atoms with van der Waals surface area (Å²) in [4.78, 5) is 15.2. The van der Waals surface area contributed by atoms with E-state index in [0.717, 1.165) is 5.56 Å². The van der Waals surface area contributed by atoms with Crippen LogP contribution in [0.3, 0.4) is 0 Å². The van der Waals surface area contributed by atoms with Gasteiger partial charge < -0.3 is 4.90 Å². The second-order valence-corrected chi connectivity index (χ2v) is 6.47. The van der Waals surface area contributed by atoms with Crippen LogP contribution in [0.5, 0.6) is 0 Å². The third-order valence-corrected chi connectivity index (χ3v) is 4.98. The first kappa shape index (κ1) is 15.0. The highest BCUT2D eigenvalue weighted by Crippen LogP contribution is 2.53. The Morgan fingerprint density at radius 2 is 1.69 bits per heavy atom. The van der Waals surface area contributed by atoms with Gasteiger partial charge in [-0.25, -0.2) is 4.39 Å². The van der Waals surface area contributed by atoms with Crippen LogP contribution >= 0.6 is 0 Å². The first-order valence-electron chi connectivity index (χ1n) is 8.38. The summed E-state index contributed by atoms with van der Waals surface area (Å²) in [7, 11) is 0. The van der Waals surface area contributed by atoms with Crippen LogP contribution in [-0.4, -0.2) is 5.91 Å². The van der Waals surface area contributed by atoms with E-state index in [2.05, 4.69) is 10.2 Å². The van der Waals surface area contributed by atoms with Crippen molar-refractivity contribution in [2.24, 2.45) is 10.2 Å². The lowest BCUT2D eigenvalue weighted by Crippen LogP contribution is -2.38. The fourth-order valence-electron chi connectivity index (χ4n) is 3.78. The lowest BCUT2D eigenvalue weighted by atomic mass is 9.84. The van der Waals surface area contributed by atoms with Gasteiger partial charge in [0.2, 0.25) is 5.54 Å². The molecule has 3 aromatic rings. The first-order chi connectivity index (χ1) is 12.7. The predicted molar refractivity (Wildman–Crippen MR) is 95.8 cm³/mol. The molecule has 0 radical (unpaired) electrons. The van der Waals surface area contributed by atoms with Gasteiger partial charge in [-0.3, -0.25) is 4.79 Å². The largest absolute Gasteiger partial charge is 0.305 e. The highest BCUT2D eigenvalue weighted by molar-refractivity contribution is 6.11. The summed E-state index contributed by atoms with van der Waals surface area (Å²) >= 11 is 0. The number of carbonyl (C=O) groups excluding carboxylic acids is 1. The monoisotopic (exact) mass is 343 g/mol.